The molecule has 1 amide bonds. The van der Waals surface area contributed by atoms with E-state index in [-0.39, 0.29) is 5.91 Å². The van der Waals surface area contributed by atoms with Gasteiger partial charge in [-0.3, -0.25) is 9.89 Å². The molecule has 3 heterocycles. The summed E-state index contributed by atoms with van der Waals surface area (Å²) in [5.41, 5.74) is 1.82. The molecule has 2 aromatic heterocycles. The fraction of sp³-hybridized carbons (Fsp3) is 0.462. The van der Waals surface area contributed by atoms with Crippen molar-refractivity contribution in [2.45, 2.75) is 25.7 Å². The predicted octanol–water partition coefficient (Wildman–Crippen LogP) is 1.73. The molecule has 0 aromatic carbocycles. The summed E-state index contributed by atoms with van der Waals surface area (Å²) in [5, 5.41) is 10.7. The van der Waals surface area contributed by atoms with Crippen LogP contribution in [0.15, 0.2) is 22.9 Å². The second-order valence-corrected chi connectivity index (χ2v) is 4.93. The summed E-state index contributed by atoms with van der Waals surface area (Å²) in [4.78, 5) is 14.1. The van der Waals surface area contributed by atoms with E-state index in [9.17, 15) is 4.79 Å². The van der Waals surface area contributed by atoms with Gasteiger partial charge < -0.3 is 9.42 Å². The highest BCUT2D eigenvalue weighted by Gasteiger charge is 2.27. The van der Waals surface area contributed by atoms with Crippen LogP contribution in [0.4, 0.5) is 0 Å². The van der Waals surface area contributed by atoms with Crippen LogP contribution in [0.5, 0.6) is 0 Å². The molecule has 1 aliphatic heterocycles. The maximum atomic E-state index is 12.3. The Morgan fingerprint density at radius 2 is 2.47 bits per heavy atom. The molecule has 2 aromatic rings. The van der Waals surface area contributed by atoms with E-state index in [4.69, 9.17) is 4.52 Å². The van der Waals surface area contributed by atoms with E-state index in [1.807, 2.05) is 17.9 Å². The molecule has 6 nitrogen and oxygen atoms in total. The predicted molar refractivity (Wildman–Crippen MR) is 67.7 cm³/mol. The smallest absolute Gasteiger partial charge is 0.292 e. The molecule has 0 unspecified atom stereocenters. The Labute approximate surface area is 110 Å². The van der Waals surface area contributed by atoms with Gasteiger partial charge >= 0.3 is 0 Å². The van der Waals surface area contributed by atoms with E-state index in [1.165, 1.54) is 0 Å². The van der Waals surface area contributed by atoms with Crippen LogP contribution in [0.2, 0.25) is 0 Å². The highest BCUT2D eigenvalue weighted by Crippen LogP contribution is 2.26. The van der Waals surface area contributed by atoms with Gasteiger partial charge in [-0.25, -0.2) is 0 Å². The summed E-state index contributed by atoms with van der Waals surface area (Å²) in [6.07, 6.45) is 3.81. The second kappa shape index (κ2) is 4.87. The average Bonchev–Trinajstić information content (AvgIpc) is 3.09. The summed E-state index contributed by atoms with van der Waals surface area (Å²) >= 11 is 0. The molecule has 1 saturated heterocycles. The Bertz CT molecular complexity index is 561. The first kappa shape index (κ1) is 12.0. The monoisotopic (exact) mass is 260 g/mol. The minimum Gasteiger partial charge on any atom is -0.351 e. The lowest BCUT2D eigenvalue weighted by Crippen LogP contribution is -2.39. The molecule has 3 rings (SSSR count). The number of aryl methyl sites for hydroxylation is 1. The van der Waals surface area contributed by atoms with Crippen molar-refractivity contribution in [1.29, 1.82) is 0 Å². The molecule has 1 N–H and O–H groups in total. The second-order valence-electron chi connectivity index (χ2n) is 4.93. The number of amides is 1. The third kappa shape index (κ3) is 2.38. The maximum Gasteiger partial charge on any atom is 0.292 e. The molecule has 0 radical (unpaired) electrons. The number of rotatable bonds is 2. The lowest BCUT2D eigenvalue weighted by Gasteiger charge is -2.31. The number of carbonyl (C=O) groups excluding carboxylic acids is 1. The zero-order valence-corrected chi connectivity index (χ0v) is 10.8. The summed E-state index contributed by atoms with van der Waals surface area (Å²) in [6, 6.07) is 3.65. The summed E-state index contributed by atoms with van der Waals surface area (Å²) in [7, 11) is 0. The summed E-state index contributed by atoms with van der Waals surface area (Å²) < 4.78 is 5.04. The average molecular weight is 260 g/mol. The number of likely N-dealkylation sites (tertiary alicyclic amines) is 1. The highest BCUT2D eigenvalue weighted by molar-refractivity contribution is 5.91. The third-order valence-corrected chi connectivity index (χ3v) is 3.51. The number of carbonyl (C=O) groups is 1. The van der Waals surface area contributed by atoms with E-state index in [2.05, 4.69) is 15.4 Å². The van der Waals surface area contributed by atoms with Crippen molar-refractivity contribution in [3.8, 4) is 0 Å². The Kier molecular flexibility index (Phi) is 3.06. The van der Waals surface area contributed by atoms with Gasteiger partial charge in [0.2, 0.25) is 5.76 Å². The molecule has 1 fully saturated rings. The van der Waals surface area contributed by atoms with Gasteiger partial charge in [-0.2, -0.15) is 5.10 Å². The summed E-state index contributed by atoms with van der Waals surface area (Å²) in [5.74, 6) is 0.566. The first-order valence-corrected chi connectivity index (χ1v) is 6.46. The molecule has 0 aliphatic carbocycles. The lowest BCUT2D eigenvalue weighted by atomic mass is 9.95. The van der Waals surface area contributed by atoms with Crippen LogP contribution in [0.25, 0.3) is 0 Å². The van der Waals surface area contributed by atoms with E-state index in [1.54, 1.807) is 12.3 Å². The molecular weight excluding hydrogens is 244 g/mol. The van der Waals surface area contributed by atoms with Crippen molar-refractivity contribution in [3.63, 3.8) is 0 Å². The molecule has 0 spiro atoms. The molecule has 0 saturated carbocycles. The number of nitrogens with one attached hydrogen (secondary N) is 1. The van der Waals surface area contributed by atoms with Crippen LogP contribution >= 0.6 is 0 Å². The fourth-order valence-corrected chi connectivity index (χ4v) is 2.53. The molecule has 0 bridgehead atoms. The van der Waals surface area contributed by atoms with E-state index in [0.29, 0.717) is 18.2 Å². The Hall–Kier alpha value is -2.11. The van der Waals surface area contributed by atoms with Gasteiger partial charge in [0.15, 0.2) is 0 Å². The van der Waals surface area contributed by atoms with Gasteiger partial charge in [-0.15, -0.1) is 0 Å². The quantitative estimate of drug-likeness (QED) is 0.892. The first-order chi connectivity index (χ1) is 9.24. The minimum atomic E-state index is -0.0789. The largest absolute Gasteiger partial charge is 0.351 e. The van der Waals surface area contributed by atoms with Crippen molar-refractivity contribution in [1.82, 2.24) is 20.3 Å². The van der Waals surface area contributed by atoms with Gasteiger partial charge in [-0.1, -0.05) is 5.16 Å². The van der Waals surface area contributed by atoms with Crippen LogP contribution < -0.4 is 0 Å². The highest BCUT2D eigenvalue weighted by atomic mass is 16.5. The van der Waals surface area contributed by atoms with Crippen LogP contribution in [-0.4, -0.2) is 39.3 Å². The van der Waals surface area contributed by atoms with Crippen LogP contribution in [0.3, 0.4) is 0 Å². The Morgan fingerprint density at radius 1 is 1.58 bits per heavy atom. The van der Waals surface area contributed by atoms with Crippen LogP contribution in [-0.2, 0) is 0 Å². The zero-order chi connectivity index (χ0) is 13.2. The van der Waals surface area contributed by atoms with Crippen molar-refractivity contribution in [3.05, 3.63) is 35.5 Å². The Balaban J connectivity index is 1.73. The first-order valence-electron chi connectivity index (χ1n) is 6.46. The molecule has 1 atom stereocenters. The van der Waals surface area contributed by atoms with Crippen LogP contribution in [0.1, 0.15) is 40.7 Å². The van der Waals surface area contributed by atoms with Crippen molar-refractivity contribution >= 4 is 5.91 Å². The van der Waals surface area contributed by atoms with E-state index in [0.717, 1.165) is 30.8 Å². The number of H-pyrrole nitrogens is 1. The number of hydrogen-bond donors (Lipinski definition) is 1. The zero-order valence-electron chi connectivity index (χ0n) is 10.8. The van der Waals surface area contributed by atoms with E-state index < -0.39 is 0 Å². The number of hydrogen-bond acceptors (Lipinski definition) is 4. The molecular formula is C13H16N4O2. The molecule has 19 heavy (non-hydrogen) atoms. The van der Waals surface area contributed by atoms with Gasteiger partial charge in [0.25, 0.3) is 5.91 Å². The number of aromatic amines is 1. The molecule has 1 aliphatic rings. The van der Waals surface area contributed by atoms with Gasteiger partial charge in [-0.05, 0) is 25.8 Å². The number of aromatic nitrogens is 3. The standard InChI is InChI=1S/C13H16N4O2/c1-9-7-12(19-16-9)13(18)17-6-2-3-10(8-17)11-4-5-14-15-11/h4-5,7,10H,2-3,6,8H2,1H3,(H,14,15)/t10-/m1/s1. The Morgan fingerprint density at radius 3 is 3.16 bits per heavy atom. The molecule has 100 valence electrons. The number of piperidine rings is 1. The maximum absolute atomic E-state index is 12.3. The number of nitrogens with zero attached hydrogens (tertiary/aromatic N) is 3. The normalized spacial score (nSPS) is 19.6. The lowest BCUT2D eigenvalue weighted by molar-refractivity contribution is 0.0664. The molecule has 6 heteroatoms. The van der Waals surface area contributed by atoms with Crippen molar-refractivity contribution < 1.29 is 9.32 Å². The van der Waals surface area contributed by atoms with Crippen LogP contribution in [0, 0.1) is 6.92 Å². The van der Waals surface area contributed by atoms with Crippen molar-refractivity contribution in [2.24, 2.45) is 0 Å². The van der Waals surface area contributed by atoms with E-state index >= 15 is 0 Å². The summed E-state index contributed by atoms with van der Waals surface area (Å²) in [6.45, 7) is 3.27. The minimum absolute atomic E-state index is 0.0789. The fourth-order valence-electron chi connectivity index (χ4n) is 2.53. The van der Waals surface area contributed by atoms with Gasteiger partial charge in [0.1, 0.15) is 0 Å². The van der Waals surface area contributed by atoms with Gasteiger partial charge in [0, 0.05) is 37.0 Å². The SMILES string of the molecule is Cc1cc(C(=O)N2CCC[C@@H](c3ccn[nH]3)C2)on1. The van der Waals surface area contributed by atoms with Gasteiger partial charge in [0.05, 0.1) is 5.69 Å². The van der Waals surface area contributed by atoms with Crippen molar-refractivity contribution in [2.75, 3.05) is 13.1 Å². The third-order valence-electron chi connectivity index (χ3n) is 3.51. The topological polar surface area (TPSA) is 75.0 Å².